The van der Waals surface area contributed by atoms with E-state index < -0.39 is 85.9 Å². The molecule has 25 heteroatoms. The Kier molecular flexibility index (Phi) is 9.24. The van der Waals surface area contributed by atoms with Crippen molar-refractivity contribution in [3.63, 3.8) is 0 Å². The number of fused-ring (bicyclic) bond motifs is 2. The van der Waals surface area contributed by atoms with E-state index in [1.807, 2.05) is 0 Å². The van der Waals surface area contributed by atoms with Gasteiger partial charge in [-0.05, 0) is 18.7 Å². The van der Waals surface area contributed by atoms with Crippen LogP contribution in [0.4, 0.5) is 14.7 Å². The summed E-state index contributed by atoms with van der Waals surface area (Å²) >= 11 is 14.3. The van der Waals surface area contributed by atoms with Crippen molar-refractivity contribution in [2.45, 2.75) is 55.6 Å². The van der Waals surface area contributed by atoms with Gasteiger partial charge >= 0.3 is 6.72 Å². The Bertz CT molecular complexity index is 1980. The van der Waals surface area contributed by atoms with Crippen LogP contribution in [-0.4, -0.2) is 98.5 Å². The topological polar surface area (TPSA) is 240 Å². The third-order valence-corrected chi connectivity index (χ3v) is 10.1. The SMILES string of the molecule is C[C@]1(F)[C@@H](CO)O[C@@H](n2cnc3c(=O)[nH]c(N)nc32)[C@@H]1OP(O)(=S)OC[C@H]1O[C@@H](n2cnc3c(=O)[nH]cnc32)[C@@H](F)[C@@H]1O[PH](=S)S. The molecule has 2 fully saturated rings. The zero-order valence-corrected chi connectivity index (χ0v) is 27.6. The predicted molar refractivity (Wildman–Crippen MR) is 167 cm³/mol. The Hall–Kier alpha value is -2.27. The number of imidazole rings is 2. The summed E-state index contributed by atoms with van der Waals surface area (Å²) in [5.41, 5.74) is 1.67. The fourth-order valence-electron chi connectivity index (χ4n) is 5.25. The van der Waals surface area contributed by atoms with Crippen LogP contribution in [-0.2, 0) is 46.7 Å². The molecular weight excluding hydrogens is 718 g/mol. The number of aliphatic hydroxyl groups is 1. The van der Waals surface area contributed by atoms with Crippen molar-refractivity contribution in [3.05, 3.63) is 39.7 Å². The number of H-pyrrole nitrogens is 2. The number of nitrogens with one attached hydrogen (secondary N) is 2. The second-order valence-electron chi connectivity index (χ2n) is 10.3. The second kappa shape index (κ2) is 12.6. The van der Waals surface area contributed by atoms with Crippen LogP contribution in [0.5, 0.6) is 0 Å². The average Bonchev–Trinajstić information content (AvgIpc) is 3.72. The van der Waals surface area contributed by atoms with Crippen LogP contribution in [0.15, 0.2) is 28.6 Å². The van der Waals surface area contributed by atoms with E-state index in [0.717, 1.165) is 24.1 Å². The molecule has 0 amide bonds. The van der Waals surface area contributed by atoms with Crippen molar-refractivity contribution in [3.8, 4) is 0 Å². The average molecular weight is 744 g/mol. The van der Waals surface area contributed by atoms with Gasteiger partial charge in [-0.1, -0.05) is 11.8 Å². The zero-order chi connectivity index (χ0) is 33.1. The summed E-state index contributed by atoms with van der Waals surface area (Å²) in [6.45, 7) is -4.79. The number of anilines is 1. The zero-order valence-electron chi connectivity index (χ0n) is 23.2. The number of hydrogen-bond acceptors (Lipinski definition) is 15. The minimum atomic E-state index is -4.42. The molecule has 0 aromatic carbocycles. The Morgan fingerprint density at radius 2 is 1.87 bits per heavy atom. The number of halogens is 2. The van der Waals surface area contributed by atoms with Crippen LogP contribution in [0.1, 0.15) is 19.4 Å². The van der Waals surface area contributed by atoms with Gasteiger partial charge in [-0.15, -0.1) is 12.2 Å². The molecule has 6 N–H and O–H groups in total. The molecule has 0 aliphatic carbocycles. The van der Waals surface area contributed by atoms with Crippen molar-refractivity contribution in [1.82, 2.24) is 39.0 Å². The van der Waals surface area contributed by atoms with Gasteiger partial charge in [-0.25, -0.2) is 23.7 Å². The van der Waals surface area contributed by atoms with Crippen molar-refractivity contribution < 1.29 is 41.8 Å². The van der Waals surface area contributed by atoms with Crippen molar-refractivity contribution >= 4 is 77.0 Å². The summed E-state index contributed by atoms with van der Waals surface area (Å²) < 4.78 is 62.5. The highest BCUT2D eigenvalue weighted by molar-refractivity contribution is 8.54. The largest absolute Gasteiger partial charge is 0.394 e. The van der Waals surface area contributed by atoms with Crippen LogP contribution < -0.4 is 16.9 Å². The Morgan fingerprint density at radius 3 is 2.54 bits per heavy atom. The first kappa shape index (κ1) is 33.6. The molecule has 2 aliphatic rings. The molecule has 0 bridgehead atoms. The highest BCUT2D eigenvalue weighted by Gasteiger charge is 2.58. The van der Waals surface area contributed by atoms with Gasteiger partial charge in [-0.3, -0.25) is 28.2 Å². The van der Waals surface area contributed by atoms with Gasteiger partial charge < -0.3 is 39.2 Å². The Balaban J connectivity index is 1.25. The van der Waals surface area contributed by atoms with E-state index in [0.29, 0.717) is 0 Å². The smallest absolute Gasteiger partial charge is 0.325 e. The number of aromatic nitrogens is 8. The van der Waals surface area contributed by atoms with Crippen LogP contribution in [0, 0.1) is 0 Å². The first-order valence-electron chi connectivity index (χ1n) is 13.1. The summed E-state index contributed by atoms with van der Waals surface area (Å²) in [5.74, 6) is -0.263. The van der Waals surface area contributed by atoms with Crippen LogP contribution in [0.2, 0.25) is 0 Å². The van der Waals surface area contributed by atoms with E-state index in [4.69, 9.17) is 52.4 Å². The number of aromatic amines is 2. The molecule has 2 aliphatic heterocycles. The van der Waals surface area contributed by atoms with Crippen molar-refractivity contribution in [1.29, 1.82) is 0 Å². The standard InChI is InChI=1S/C21H25F2N9O9P2S3/c1-21(23)8(2-33)39-19(32-6-28-11-15(32)29-20(24)30-17(11)35)13(21)41-43(36,46)37-3-7-12(40-42(44)45)9(22)18(38-7)31-5-27-10-14(31)25-4-26-16(10)34/h4-9,12-13,18-19,33,42H,2-3H2,1H3,(H,36,46)(H,44,45)(H,25,26,34)(H3,24,29,30,35)/t7-,8-,9+,12-,13+,18-,19-,21+,43?/m1/s1. The quantitative estimate of drug-likeness (QED) is 0.0935. The first-order valence-corrected chi connectivity index (χ1v) is 19.6. The molecule has 46 heavy (non-hydrogen) atoms. The monoisotopic (exact) mass is 743 g/mol. The molecular formula is C21H25F2N9O9P2S3. The molecule has 10 atom stereocenters. The maximum atomic E-state index is 16.1. The Morgan fingerprint density at radius 1 is 1.20 bits per heavy atom. The molecule has 250 valence electrons. The van der Waals surface area contributed by atoms with Crippen molar-refractivity contribution in [2.24, 2.45) is 0 Å². The molecule has 4 aromatic heterocycles. The van der Waals surface area contributed by atoms with Gasteiger partial charge in [-0.2, -0.15) is 4.98 Å². The summed E-state index contributed by atoms with van der Waals surface area (Å²) in [7, 11) is 0. The van der Waals surface area contributed by atoms with Gasteiger partial charge in [0.05, 0.1) is 32.2 Å². The highest BCUT2D eigenvalue weighted by atomic mass is 32.9. The summed E-state index contributed by atoms with van der Waals surface area (Å²) in [4.78, 5) is 56.2. The summed E-state index contributed by atoms with van der Waals surface area (Å²) in [5, 5.41) is 9.84. The maximum Gasteiger partial charge on any atom is 0.325 e. The highest BCUT2D eigenvalue weighted by Crippen LogP contribution is 2.54. The number of aliphatic hydroxyl groups excluding tert-OH is 1. The molecule has 6 rings (SSSR count). The normalized spacial score (nSPS) is 31.9. The van der Waals surface area contributed by atoms with Gasteiger partial charge in [0.25, 0.3) is 11.1 Å². The molecule has 0 spiro atoms. The maximum absolute atomic E-state index is 16.1. The van der Waals surface area contributed by atoms with E-state index in [1.54, 1.807) is 0 Å². The second-order valence-corrected chi connectivity index (χ2v) is 17.1. The lowest BCUT2D eigenvalue weighted by Gasteiger charge is -2.30. The molecule has 6 heterocycles. The number of ether oxygens (including phenoxy) is 2. The van der Waals surface area contributed by atoms with Crippen LogP contribution >= 0.6 is 25.1 Å². The van der Waals surface area contributed by atoms with Gasteiger partial charge in [0, 0.05) is 0 Å². The molecule has 0 saturated carbocycles. The van der Waals surface area contributed by atoms with E-state index in [9.17, 15) is 19.6 Å². The van der Waals surface area contributed by atoms with Crippen LogP contribution in [0.3, 0.4) is 0 Å². The predicted octanol–water partition coefficient (Wildman–Crippen LogP) is 0.128. The van der Waals surface area contributed by atoms with E-state index >= 15 is 8.78 Å². The third-order valence-electron chi connectivity index (χ3n) is 7.43. The van der Waals surface area contributed by atoms with E-state index in [1.165, 1.54) is 10.9 Å². The van der Waals surface area contributed by atoms with E-state index in [2.05, 4.69) is 42.2 Å². The number of nitrogen functional groups attached to an aromatic ring is 1. The molecule has 0 radical (unpaired) electrons. The lowest BCUT2D eigenvalue weighted by Crippen LogP contribution is -2.43. The number of hydrogen-bond donors (Lipinski definition) is 6. The summed E-state index contributed by atoms with van der Waals surface area (Å²) in [6, 6.07) is 0. The lowest BCUT2D eigenvalue weighted by atomic mass is 9.97. The number of alkyl halides is 2. The summed E-state index contributed by atoms with van der Waals surface area (Å²) in [6.07, 6.45) is -9.46. The van der Waals surface area contributed by atoms with Gasteiger partial charge in [0.15, 0.2) is 46.6 Å². The van der Waals surface area contributed by atoms with Gasteiger partial charge in [0.2, 0.25) is 5.95 Å². The first-order chi connectivity index (χ1) is 21.7. The fourth-order valence-corrected chi connectivity index (χ4v) is 7.92. The third kappa shape index (κ3) is 6.08. The number of thiol groups is 1. The number of nitrogens with two attached hydrogens (primary N) is 1. The lowest BCUT2D eigenvalue weighted by molar-refractivity contribution is -0.0546. The fraction of sp³-hybridized carbons (Fsp3) is 0.524. The minimum absolute atomic E-state index is 0.0281. The van der Waals surface area contributed by atoms with Crippen LogP contribution in [0.25, 0.3) is 22.3 Å². The van der Waals surface area contributed by atoms with Crippen molar-refractivity contribution in [2.75, 3.05) is 18.9 Å². The number of rotatable bonds is 10. The molecule has 2 saturated heterocycles. The minimum Gasteiger partial charge on any atom is -0.394 e. The molecule has 18 nitrogen and oxygen atoms in total. The Labute approximate surface area is 271 Å². The van der Waals surface area contributed by atoms with Gasteiger partial charge in [0.1, 0.15) is 30.5 Å². The number of nitrogens with zero attached hydrogens (tertiary/aromatic N) is 6. The molecule has 2 unspecified atom stereocenters. The molecule has 4 aromatic rings. The van der Waals surface area contributed by atoms with E-state index in [-0.39, 0.29) is 28.3 Å².